The summed E-state index contributed by atoms with van der Waals surface area (Å²) in [4.78, 5) is 28.5. The van der Waals surface area contributed by atoms with Gasteiger partial charge in [0.05, 0.1) is 18.2 Å². The van der Waals surface area contributed by atoms with E-state index in [1.165, 1.54) is 0 Å². The first-order valence-corrected chi connectivity index (χ1v) is 12.4. The second kappa shape index (κ2) is 8.83. The van der Waals surface area contributed by atoms with Gasteiger partial charge in [0.15, 0.2) is 17.9 Å². The molecule has 7 atom stereocenters. The highest BCUT2D eigenvalue weighted by Crippen LogP contribution is 2.67. The normalized spacial score (nSPS) is 42.7. The van der Waals surface area contributed by atoms with Gasteiger partial charge in [0.1, 0.15) is 0 Å². The maximum Gasteiger partial charge on any atom is 0.169 e. The topological polar surface area (TPSA) is 96.3 Å². The van der Waals surface area contributed by atoms with Crippen molar-refractivity contribution in [3.05, 3.63) is 11.6 Å². The smallest absolute Gasteiger partial charge is 0.169 e. The van der Waals surface area contributed by atoms with Crippen molar-refractivity contribution in [2.75, 3.05) is 34.4 Å². The molecule has 4 aliphatic carbocycles. The SMILES string of the molecule is COC(CN(C)CC(=O)C1CC[C@@]2(O)C3=CC(=O)C4CCC(O)CC4(C)C3CC[C@]12C)OC. The van der Waals surface area contributed by atoms with Crippen LogP contribution in [0.25, 0.3) is 0 Å². The number of aliphatic hydroxyl groups excluding tert-OH is 1. The first-order valence-electron chi connectivity index (χ1n) is 12.4. The van der Waals surface area contributed by atoms with Gasteiger partial charge >= 0.3 is 0 Å². The molecule has 0 aromatic carbocycles. The number of ether oxygens (including phenoxy) is 2. The summed E-state index contributed by atoms with van der Waals surface area (Å²) in [6.07, 6.45) is 5.64. The van der Waals surface area contributed by atoms with Gasteiger partial charge in [0.2, 0.25) is 0 Å². The Morgan fingerprint density at radius 2 is 1.85 bits per heavy atom. The number of hydrogen-bond donors (Lipinski definition) is 2. The van der Waals surface area contributed by atoms with Crippen molar-refractivity contribution >= 4 is 11.6 Å². The molecule has 0 aliphatic heterocycles. The molecule has 0 aromatic rings. The quantitative estimate of drug-likeness (QED) is 0.560. The molecule has 5 unspecified atom stereocenters. The first kappa shape index (κ1) is 25.0. The van der Waals surface area contributed by atoms with Crippen LogP contribution >= 0.6 is 0 Å². The molecule has 0 saturated heterocycles. The number of carbonyl (C=O) groups is 2. The molecular formula is C26H41NO6. The van der Waals surface area contributed by atoms with Crippen molar-refractivity contribution in [3.8, 4) is 0 Å². The molecule has 2 N–H and O–H groups in total. The fraction of sp³-hybridized carbons (Fsp3) is 0.846. The fourth-order valence-electron chi connectivity index (χ4n) is 7.90. The van der Waals surface area contributed by atoms with E-state index in [1.807, 2.05) is 18.9 Å². The number of aliphatic hydroxyl groups is 2. The lowest BCUT2D eigenvalue weighted by Gasteiger charge is -2.59. The van der Waals surface area contributed by atoms with Crippen LogP contribution in [0.15, 0.2) is 11.6 Å². The van der Waals surface area contributed by atoms with Crippen LogP contribution in [0.3, 0.4) is 0 Å². The van der Waals surface area contributed by atoms with Crippen molar-refractivity contribution in [2.24, 2.45) is 28.6 Å². The number of nitrogens with zero attached hydrogens (tertiary/aromatic N) is 1. The zero-order chi connectivity index (χ0) is 24.2. The Morgan fingerprint density at radius 3 is 2.52 bits per heavy atom. The Bertz CT molecular complexity index is 824. The van der Waals surface area contributed by atoms with Gasteiger partial charge in [-0.25, -0.2) is 0 Å². The second-order valence-electron chi connectivity index (χ2n) is 11.5. The molecule has 0 spiro atoms. The standard InChI is InChI=1S/C26H41NO6/c1-24-13-16(28)6-7-18(24)21(29)12-20-17(24)8-10-25(2)19(9-11-26(20,25)31)22(30)14-27(3)15-23(32-4)33-5/h12,16-19,23,28,31H,6-11,13-15H2,1-5H3/t16?,17?,18?,19?,24?,25-,26-/m1/s1. The van der Waals surface area contributed by atoms with Crippen LogP contribution in [-0.2, 0) is 19.1 Å². The molecule has 186 valence electrons. The molecule has 0 heterocycles. The van der Waals surface area contributed by atoms with Gasteiger partial charge in [-0.05, 0) is 75.0 Å². The Balaban J connectivity index is 1.58. The lowest BCUT2D eigenvalue weighted by atomic mass is 9.46. The summed E-state index contributed by atoms with van der Waals surface area (Å²) in [6.45, 7) is 4.93. The summed E-state index contributed by atoms with van der Waals surface area (Å²) in [5.74, 6) is -0.0420. The number of fused-ring (bicyclic) bond motifs is 5. The first-order chi connectivity index (χ1) is 15.5. The Hall–Kier alpha value is -1.12. The van der Waals surface area contributed by atoms with Crippen LogP contribution in [0.4, 0.5) is 0 Å². The molecule has 3 saturated carbocycles. The van der Waals surface area contributed by atoms with Gasteiger partial charge in [-0.1, -0.05) is 13.8 Å². The van der Waals surface area contributed by atoms with Gasteiger partial charge in [0.25, 0.3) is 0 Å². The summed E-state index contributed by atoms with van der Waals surface area (Å²) in [6, 6.07) is 0. The monoisotopic (exact) mass is 463 g/mol. The van der Waals surface area contributed by atoms with Crippen LogP contribution in [-0.4, -0.2) is 79.0 Å². The minimum absolute atomic E-state index is 0.0777. The summed E-state index contributed by atoms with van der Waals surface area (Å²) >= 11 is 0. The molecular weight excluding hydrogens is 422 g/mol. The average molecular weight is 464 g/mol. The van der Waals surface area contributed by atoms with Crippen molar-refractivity contribution in [1.82, 2.24) is 4.90 Å². The van der Waals surface area contributed by atoms with E-state index in [2.05, 4.69) is 6.92 Å². The predicted molar refractivity (Wildman–Crippen MR) is 123 cm³/mol. The fourth-order valence-corrected chi connectivity index (χ4v) is 7.90. The van der Waals surface area contributed by atoms with E-state index in [0.29, 0.717) is 38.6 Å². The van der Waals surface area contributed by atoms with Crippen molar-refractivity contribution in [2.45, 2.75) is 76.8 Å². The Kier molecular flexibility index (Phi) is 6.69. The predicted octanol–water partition coefficient (Wildman–Crippen LogP) is 2.34. The molecule has 33 heavy (non-hydrogen) atoms. The number of hydrogen-bond acceptors (Lipinski definition) is 7. The number of allylic oxidation sites excluding steroid dienone is 1. The third-order valence-corrected chi connectivity index (χ3v) is 9.81. The minimum atomic E-state index is -1.15. The number of methoxy groups -OCH3 is 2. The number of ketones is 2. The van der Waals surface area contributed by atoms with Crippen molar-refractivity contribution in [3.63, 3.8) is 0 Å². The van der Waals surface area contributed by atoms with Crippen molar-refractivity contribution < 1.29 is 29.3 Å². The number of Topliss-reactive ketones (excluding diaryl/α,β-unsaturated/α-hetero) is 1. The van der Waals surface area contributed by atoms with E-state index >= 15 is 0 Å². The van der Waals surface area contributed by atoms with E-state index in [9.17, 15) is 19.8 Å². The highest BCUT2D eigenvalue weighted by atomic mass is 16.7. The maximum absolute atomic E-state index is 13.4. The molecule has 0 aromatic heterocycles. The zero-order valence-corrected chi connectivity index (χ0v) is 20.8. The molecule has 0 radical (unpaired) electrons. The largest absolute Gasteiger partial charge is 0.393 e. The third kappa shape index (κ3) is 3.84. The van der Waals surface area contributed by atoms with E-state index in [1.54, 1.807) is 20.3 Å². The number of likely N-dealkylation sites (N-methyl/N-ethyl adjacent to an activating group) is 1. The van der Waals surface area contributed by atoms with Crippen molar-refractivity contribution in [1.29, 1.82) is 0 Å². The average Bonchev–Trinajstić information content (AvgIpc) is 3.03. The van der Waals surface area contributed by atoms with Gasteiger partial charge in [-0.15, -0.1) is 0 Å². The number of rotatable bonds is 7. The van der Waals surface area contributed by atoms with Gasteiger partial charge in [-0.2, -0.15) is 0 Å². The highest BCUT2D eigenvalue weighted by Gasteiger charge is 2.66. The van der Waals surface area contributed by atoms with Crippen LogP contribution in [0.5, 0.6) is 0 Å². The third-order valence-electron chi connectivity index (χ3n) is 9.81. The molecule has 3 fully saturated rings. The van der Waals surface area contributed by atoms with E-state index in [0.717, 1.165) is 18.4 Å². The van der Waals surface area contributed by atoms with E-state index < -0.39 is 23.4 Å². The van der Waals surface area contributed by atoms with Gasteiger partial charge < -0.3 is 19.7 Å². The van der Waals surface area contributed by atoms with Crippen LogP contribution in [0.2, 0.25) is 0 Å². The lowest BCUT2D eigenvalue weighted by Crippen LogP contribution is -2.59. The Morgan fingerprint density at radius 1 is 1.15 bits per heavy atom. The van der Waals surface area contributed by atoms with Crippen LogP contribution in [0.1, 0.15) is 58.8 Å². The van der Waals surface area contributed by atoms with E-state index in [-0.39, 0.29) is 41.3 Å². The summed E-state index contributed by atoms with van der Waals surface area (Å²) in [5.41, 5.74) is -1.24. The second-order valence-corrected chi connectivity index (χ2v) is 11.5. The molecule has 0 amide bonds. The number of carbonyl (C=O) groups excluding carboxylic acids is 2. The molecule has 7 heteroatoms. The lowest BCUT2D eigenvalue weighted by molar-refractivity contribution is -0.146. The van der Waals surface area contributed by atoms with Crippen LogP contribution < -0.4 is 0 Å². The van der Waals surface area contributed by atoms with Gasteiger partial charge in [0, 0.05) is 38.0 Å². The van der Waals surface area contributed by atoms with E-state index in [4.69, 9.17) is 9.47 Å². The molecule has 7 nitrogen and oxygen atoms in total. The highest BCUT2D eigenvalue weighted by molar-refractivity contribution is 5.95. The molecule has 4 rings (SSSR count). The maximum atomic E-state index is 13.4. The summed E-state index contributed by atoms with van der Waals surface area (Å²) < 4.78 is 10.5. The minimum Gasteiger partial charge on any atom is -0.393 e. The zero-order valence-electron chi connectivity index (χ0n) is 20.8. The summed E-state index contributed by atoms with van der Waals surface area (Å²) in [7, 11) is 5.03. The summed E-state index contributed by atoms with van der Waals surface area (Å²) in [5, 5.41) is 22.6. The van der Waals surface area contributed by atoms with Gasteiger partial charge in [-0.3, -0.25) is 14.5 Å². The van der Waals surface area contributed by atoms with Crippen LogP contribution in [0, 0.1) is 28.6 Å². The Labute approximate surface area is 197 Å². The molecule has 0 bridgehead atoms. The molecule has 4 aliphatic rings.